The number of carbonyl (C=O) groups is 2. The van der Waals surface area contributed by atoms with Crippen molar-refractivity contribution in [3.8, 4) is 0 Å². The van der Waals surface area contributed by atoms with Gasteiger partial charge in [-0.2, -0.15) is 0 Å². The number of rotatable bonds is 1. The van der Waals surface area contributed by atoms with Gasteiger partial charge in [0, 0.05) is 5.92 Å². The second-order valence-corrected chi connectivity index (χ2v) is 5.28. The highest BCUT2D eigenvalue weighted by Gasteiger charge is 2.42. The largest absolute Gasteiger partial charge is 0.393 e. The molecule has 1 aliphatic heterocycles. The molecule has 1 fully saturated rings. The highest BCUT2D eigenvalue weighted by molar-refractivity contribution is 5.97. The summed E-state index contributed by atoms with van der Waals surface area (Å²) < 4.78 is 4.70. The molecular formula is C16H12O3. The molecule has 1 aliphatic carbocycles. The Labute approximate surface area is 110 Å². The van der Waals surface area contributed by atoms with Gasteiger partial charge < -0.3 is 4.74 Å². The predicted molar refractivity (Wildman–Crippen MR) is 69.6 cm³/mol. The number of benzene rings is 2. The van der Waals surface area contributed by atoms with Crippen LogP contribution in [0.2, 0.25) is 0 Å². The summed E-state index contributed by atoms with van der Waals surface area (Å²) in [5, 5.41) is 2.46. The van der Waals surface area contributed by atoms with Crippen molar-refractivity contribution in [3.63, 3.8) is 0 Å². The van der Waals surface area contributed by atoms with Gasteiger partial charge in [-0.05, 0) is 28.3 Å². The first kappa shape index (κ1) is 10.7. The van der Waals surface area contributed by atoms with E-state index in [-0.39, 0.29) is 24.2 Å². The molecule has 19 heavy (non-hydrogen) atoms. The van der Waals surface area contributed by atoms with Crippen LogP contribution in [0.4, 0.5) is 0 Å². The Balaban J connectivity index is 1.86. The van der Waals surface area contributed by atoms with Crippen molar-refractivity contribution in [1.82, 2.24) is 0 Å². The normalized spacial score (nSPS) is 25.1. The lowest BCUT2D eigenvalue weighted by Gasteiger charge is -2.15. The van der Waals surface area contributed by atoms with Gasteiger partial charge in [-0.15, -0.1) is 0 Å². The van der Waals surface area contributed by atoms with Gasteiger partial charge in [0.2, 0.25) is 0 Å². The molecule has 2 aromatic rings. The third kappa shape index (κ3) is 1.44. The number of hydrogen-bond donors (Lipinski definition) is 0. The monoisotopic (exact) mass is 252 g/mol. The Kier molecular flexibility index (Phi) is 2.07. The van der Waals surface area contributed by atoms with E-state index in [1.165, 1.54) is 21.9 Å². The zero-order valence-electron chi connectivity index (χ0n) is 10.3. The Hall–Kier alpha value is -2.16. The Morgan fingerprint density at radius 2 is 1.74 bits per heavy atom. The van der Waals surface area contributed by atoms with E-state index in [2.05, 4.69) is 24.3 Å². The van der Waals surface area contributed by atoms with E-state index in [9.17, 15) is 9.59 Å². The van der Waals surface area contributed by atoms with Crippen LogP contribution in [0, 0.1) is 5.92 Å². The molecule has 0 unspecified atom stereocenters. The van der Waals surface area contributed by atoms with Gasteiger partial charge in [0.05, 0.1) is 12.3 Å². The van der Waals surface area contributed by atoms with Crippen LogP contribution in [-0.2, 0) is 20.7 Å². The summed E-state index contributed by atoms with van der Waals surface area (Å²) in [7, 11) is 0. The smallest absolute Gasteiger partial charge is 0.317 e. The number of cyclic esters (lactones) is 2. The second kappa shape index (κ2) is 3.67. The average Bonchev–Trinajstić information content (AvgIpc) is 2.93. The number of ether oxygens (including phenoxy) is 1. The fourth-order valence-electron chi connectivity index (χ4n) is 3.43. The molecular weight excluding hydrogens is 240 g/mol. The van der Waals surface area contributed by atoms with Crippen LogP contribution >= 0.6 is 0 Å². The summed E-state index contributed by atoms with van der Waals surface area (Å²) in [5.74, 6) is -0.983. The lowest BCUT2D eigenvalue weighted by molar-refractivity contribution is -0.153. The molecule has 4 rings (SSSR count). The summed E-state index contributed by atoms with van der Waals surface area (Å²) in [6, 6.07) is 12.4. The van der Waals surface area contributed by atoms with Crippen LogP contribution in [0.1, 0.15) is 23.5 Å². The molecule has 0 N–H and O–H groups in total. The zero-order valence-corrected chi connectivity index (χ0v) is 10.3. The van der Waals surface area contributed by atoms with E-state index in [1.807, 2.05) is 12.1 Å². The number of esters is 2. The van der Waals surface area contributed by atoms with E-state index in [4.69, 9.17) is 4.74 Å². The molecule has 0 amide bonds. The molecule has 3 heteroatoms. The Morgan fingerprint density at radius 3 is 2.47 bits per heavy atom. The third-order valence-electron chi connectivity index (χ3n) is 4.25. The van der Waals surface area contributed by atoms with Gasteiger partial charge in [-0.25, -0.2) is 0 Å². The highest BCUT2D eigenvalue weighted by atomic mass is 16.6. The fraction of sp³-hybridized carbons (Fsp3) is 0.250. The van der Waals surface area contributed by atoms with Gasteiger partial charge in [0.1, 0.15) is 0 Å². The first-order valence-electron chi connectivity index (χ1n) is 6.49. The minimum atomic E-state index is -0.391. The second-order valence-electron chi connectivity index (χ2n) is 5.28. The van der Waals surface area contributed by atoms with Crippen LogP contribution in [0.5, 0.6) is 0 Å². The predicted octanol–water partition coefficient (Wildman–Crippen LogP) is 2.57. The molecule has 0 spiro atoms. The maximum Gasteiger partial charge on any atom is 0.317 e. The minimum Gasteiger partial charge on any atom is -0.393 e. The molecule has 3 nitrogen and oxygen atoms in total. The highest BCUT2D eigenvalue weighted by Crippen LogP contribution is 2.44. The van der Waals surface area contributed by atoms with Crippen molar-refractivity contribution in [2.75, 3.05) is 0 Å². The molecule has 2 aromatic carbocycles. The van der Waals surface area contributed by atoms with Crippen molar-refractivity contribution in [3.05, 3.63) is 47.5 Å². The molecule has 2 atom stereocenters. The van der Waals surface area contributed by atoms with Crippen molar-refractivity contribution in [2.45, 2.75) is 18.8 Å². The standard InChI is InChI=1S/C16H12O3/c17-14-8-13(16(18)19-14)12-7-10-5-1-3-9-4-2-6-11(12)15(9)10/h1-6,12-13H,7-8H2/t12-,13+/m0/s1. The van der Waals surface area contributed by atoms with Gasteiger partial charge in [0.25, 0.3) is 0 Å². The van der Waals surface area contributed by atoms with E-state index in [0.29, 0.717) is 0 Å². The number of hydrogen-bond acceptors (Lipinski definition) is 3. The Bertz CT molecular complexity index is 712. The van der Waals surface area contributed by atoms with Gasteiger partial charge in [0.15, 0.2) is 0 Å². The van der Waals surface area contributed by atoms with Gasteiger partial charge >= 0.3 is 11.9 Å². The summed E-state index contributed by atoms with van der Waals surface area (Å²) >= 11 is 0. The van der Waals surface area contributed by atoms with E-state index in [0.717, 1.165) is 6.42 Å². The summed E-state index contributed by atoms with van der Waals surface area (Å²) in [5.41, 5.74) is 2.45. The average molecular weight is 252 g/mol. The maximum absolute atomic E-state index is 11.8. The minimum absolute atomic E-state index is 0.0834. The molecule has 0 bridgehead atoms. The molecule has 0 saturated carbocycles. The van der Waals surface area contributed by atoms with Crippen LogP contribution in [0.15, 0.2) is 36.4 Å². The lowest BCUT2D eigenvalue weighted by Crippen LogP contribution is -2.17. The summed E-state index contributed by atoms with van der Waals surface area (Å²) in [6.45, 7) is 0. The molecule has 1 saturated heterocycles. The quantitative estimate of drug-likeness (QED) is 0.578. The van der Waals surface area contributed by atoms with Crippen LogP contribution in [0.25, 0.3) is 10.8 Å². The van der Waals surface area contributed by atoms with E-state index >= 15 is 0 Å². The van der Waals surface area contributed by atoms with Crippen molar-refractivity contribution in [1.29, 1.82) is 0 Å². The van der Waals surface area contributed by atoms with E-state index < -0.39 is 5.97 Å². The van der Waals surface area contributed by atoms with Crippen LogP contribution < -0.4 is 0 Å². The van der Waals surface area contributed by atoms with E-state index in [1.54, 1.807) is 0 Å². The molecule has 0 aromatic heterocycles. The molecule has 1 heterocycles. The molecule has 94 valence electrons. The topological polar surface area (TPSA) is 43.4 Å². The maximum atomic E-state index is 11.8. The van der Waals surface area contributed by atoms with Gasteiger partial charge in [-0.3, -0.25) is 9.59 Å². The van der Waals surface area contributed by atoms with Crippen molar-refractivity contribution in [2.24, 2.45) is 5.92 Å². The molecule has 2 aliphatic rings. The molecule has 0 radical (unpaired) electrons. The van der Waals surface area contributed by atoms with Crippen LogP contribution in [0.3, 0.4) is 0 Å². The fourth-order valence-corrected chi connectivity index (χ4v) is 3.43. The van der Waals surface area contributed by atoms with Gasteiger partial charge in [-0.1, -0.05) is 36.4 Å². The van der Waals surface area contributed by atoms with Crippen molar-refractivity contribution < 1.29 is 14.3 Å². The third-order valence-corrected chi connectivity index (χ3v) is 4.25. The zero-order chi connectivity index (χ0) is 13.0. The number of carbonyl (C=O) groups excluding carboxylic acids is 2. The first-order valence-corrected chi connectivity index (χ1v) is 6.49. The lowest BCUT2D eigenvalue weighted by atomic mass is 9.85. The SMILES string of the molecule is O=C1C[C@H]([C@H]2Cc3cccc4cccc2c34)C(=O)O1. The first-order chi connectivity index (χ1) is 9.24. The Morgan fingerprint density at radius 1 is 0.947 bits per heavy atom. The van der Waals surface area contributed by atoms with Crippen LogP contribution in [-0.4, -0.2) is 11.9 Å². The van der Waals surface area contributed by atoms with Crippen molar-refractivity contribution >= 4 is 22.7 Å². The summed E-state index contributed by atoms with van der Waals surface area (Å²) in [4.78, 5) is 23.1. The summed E-state index contributed by atoms with van der Waals surface area (Å²) in [6.07, 6.45) is 1.04.